The fourth-order valence-electron chi connectivity index (χ4n) is 2.28. The van der Waals surface area contributed by atoms with Gasteiger partial charge in [0.1, 0.15) is 17.3 Å². The number of amides is 1. The fourth-order valence-corrected chi connectivity index (χ4v) is 3.95. The first-order valence-electron chi connectivity index (χ1n) is 8.17. The molecule has 0 fully saturated rings. The van der Waals surface area contributed by atoms with Gasteiger partial charge in [-0.05, 0) is 42.2 Å². The van der Waals surface area contributed by atoms with Gasteiger partial charge in [0, 0.05) is 18.4 Å². The summed E-state index contributed by atoms with van der Waals surface area (Å²) in [6, 6.07) is 11.5. The monoisotopic (exact) mass is 389 g/mol. The van der Waals surface area contributed by atoms with Gasteiger partial charge in [0.05, 0.1) is 7.11 Å². The third-order valence-corrected chi connectivity index (χ3v) is 5.41. The lowest BCUT2D eigenvalue weighted by atomic mass is 10.2. The number of thioether (sulfide) groups is 1. The zero-order valence-corrected chi connectivity index (χ0v) is 16.2. The molecule has 2 aromatic heterocycles. The predicted molar refractivity (Wildman–Crippen MR) is 104 cm³/mol. The number of nitrogens with one attached hydrogen (secondary N) is 1. The third kappa shape index (κ3) is 4.86. The largest absolute Gasteiger partial charge is 0.497 e. The Hall–Kier alpha value is -2.32. The third-order valence-electron chi connectivity index (χ3n) is 3.56. The lowest BCUT2D eigenvalue weighted by Gasteiger charge is -2.01. The van der Waals surface area contributed by atoms with E-state index in [2.05, 4.69) is 15.5 Å². The van der Waals surface area contributed by atoms with E-state index in [1.54, 1.807) is 18.9 Å². The van der Waals surface area contributed by atoms with E-state index < -0.39 is 0 Å². The molecule has 6 nitrogen and oxygen atoms in total. The van der Waals surface area contributed by atoms with Crippen LogP contribution in [0.1, 0.15) is 19.1 Å². The molecule has 0 saturated carbocycles. The lowest BCUT2D eigenvalue weighted by Crippen LogP contribution is -2.11. The zero-order chi connectivity index (χ0) is 18.4. The van der Waals surface area contributed by atoms with Crippen molar-refractivity contribution >= 4 is 34.1 Å². The quantitative estimate of drug-likeness (QED) is 0.452. The average Bonchev–Trinajstić information content (AvgIpc) is 3.30. The summed E-state index contributed by atoms with van der Waals surface area (Å²) in [6.45, 7) is 2.05. The highest BCUT2D eigenvalue weighted by atomic mass is 32.2. The van der Waals surface area contributed by atoms with E-state index >= 15 is 0 Å². The topological polar surface area (TPSA) is 77.2 Å². The Balaban J connectivity index is 1.52. The number of nitrogens with zero attached hydrogens (tertiary/aromatic N) is 2. The molecule has 0 radical (unpaired) electrons. The van der Waals surface area contributed by atoms with Gasteiger partial charge < -0.3 is 14.5 Å². The van der Waals surface area contributed by atoms with E-state index in [1.807, 2.05) is 43.3 Å². The molecule has 0 unspecified atom stereocenters. The summed E-state index contributed by atoms with van der Waals surface area (Å²) < 4.78 is 11.8. The molecule has 0 atom stereocenters. The molecule has 0 aliphatic heterocycles. The van der Waals surface area contributed by atoms with E-state index in [9.17, 15) is 4.79 Å². The number of anilines is 1. The van der Waals surface area contributed by atoms with Gasteiger partial charge in [-0.3, -0.25) is 4.79 Å². The van der Waals surface area contributed by atoms with E-state index in [1.165, 1.54) is 11.3 Å². The average molecular weight is 390 g/mol. The van der Waals surface area contributed by atoms with Gasteiger partial charge in [-0.1, -0.05) is 30.0 Å². The number of furan rings is 1. The molecule has 136 valence electrons. The lowest BCUT2D eigenvalue weighted by molar-refractivity contribution is -0.116. The minimum atomic E-state index is -0.100. The second-order valence-electron chi connectivity index (χ2n) is 5.35. The van der Waals surface area contributed by atoms with Crippen molar-refractivity contribution in [2.24, 2.45) is 0 Å². The van der Waals surface area contributed by atoms with Gasteiger partial charge in [0.2, 0.25) is 11.0 Å². The summed E-state index contributed by atoms with van der Waals surface area (Å²) in [5.74, 6) is 3.17. The number of hydrogen-bond donors (Lipinski definition) is 1. The van der Waals surface area contributed by atoms with Crippen molar-refractivity contribution in [2.45, 2.75) is 24.1 Å². The maximum absolute atomic E-state index is 12.1. The summed E-state index contributed by atoms with van der Waals surface area (Å²) in [4.78, 5) is 12.1. The zero-order valence-electron chi connectivity index (χ0n) is 14.5. The Morgan fingerprint density at radius 3 is 2.77 bits per heavy atom. The van der Waals surface area contributed by atoms with Crippen LogP contribution in [0.25, 0.3) is 11.3 Å². The van der Waals surface area contributed by atoms with Crippen LogP contribution < -0.4 is 10.1 Å². The first-order chi connectivity index (χ1) is 12.7. The molecule has 1 aromatic carbocycles. The van der Waals surface area contributed by atoms with Crippen molar-refractivity contribution in [1.29, 1.82) is 0 Å². The minimum Gasteiger partial charge on any atom is -0.497 e. The Labute approximate surface area is 160 Å². The van der Waals surface area contributed by atoms with E-state index in [4.69, 9.17) is 9.15 Å². The number of hydrogen-bond acceptors (Lipinski definition) is 7. The van der Waals surface area contributed by atoms with Crippen LogP contribution >= 0.6 is 23.1 Å². The van der Waals surface area contributed by atoms with Crippen molar-refractivity contribution in [1.82, 2.24) is 10.2 Å². The summed E-state index contributed by atoms with van der Waals surface area (Å²) >= 11 is 2.99. The number of methoxy groups -OCH3 is 1. The highest BCUT2D eigenvalue weighted by Gasteiger charge is 2.11. The molecule has 0 saturated heterocycles. The van der Waals surface area contributed by atoms with Crippen molar-refractivity contribution in [3.05, 3.63) is 42.2 Å². The molecule has 1 N–H and O–H groups in total. The number of carbonyl (C=O) groups excluding carboxylic acids is 1. The Morgan fingerprint density at radius 2 is 2.04 bits per heavy atom. The maximum Gasteiger partial charge on any atom is 0.226 e. The van der Waals surface area contributed by atoms with Crippen LogP contribution in [0.5, 0.6) is 5.75 Å². The first-order valence-corrected chi connectivity index (χ1v) is 9.97. The first kappa shape index (κ1) is 18.5. The van der Waals surface area contributed by atoms with Crippen LogP contribution in [-0.4, -0.2) is 29.0 Å². The molecular formula is C18H19N3O3S2. The van der Waals surface area contributed by atoms with Gasteiger partial charge in [0.15, 0.2) is 4.34 Å². The van der Waals surface area contributed by atoms with Crippen molar-refractivity contribution in [3.63, 3.8) is 0 Å². The van der Waals surface area contributed by atoms with Crippen LogP contribution in [0.4, 0.5) is 5.13 Å². The summed E-state index contributed by atoms with van der Waals surface area (Å²) in [5, 5.41) is 11.3. The Kier molecular flexibility index (Phi) is 6.30. The van der Waals surface area contributed by atoms with E-state index in [-0.39, 0.29) is 5.91 Å². The molecule has 0 aliphatic carbocycles. The smallest absolute Gasteiger partial charge is 0.226 e. The predicted octanol–water partition coefficient (Wildman–Crippen LogP) is 4.49. The van der Waals surface area contributed by atoms with Gasteiger partial charge >= 0.3 is 0 Å². The number of carbonyl (C=O) groups is 1. The van der Waals surface area contributed by atoms with Crippen molar-refractivity contribution in [2.75, 3.05) is 18.2 Å². The molecule has 3 rings (SSSR count). The molecule has 1 amide bonds. The second-order valence-corrected chi connectivity index (χ2v) is 7.84. The van der Waals surface area contributed by atoms with Gasteiger partial charge in [-0.15, -0.1) is 10.2 Å². The molecule has 2 heterocycles. The van der Waals surface area contributed by atoms with Crippen LogP contribution in [0.2, 0.25) is 0 Å². The Bertz CT molecular complexity index is 859. The second kappa shape index (κ2) is 8.86. The minimum absolute atomic E-state index is 0.100. The van der Waals surface area contributed by atoms with Crippen molar-refractivity contribution in [3.8, 4) is 17.1 Å². The molecule has 0 aliphatic rings. The van der Waals surface area contributed by atoms with E-state index in [0.29, 0.717) is 18.0 Å². The number of benzene rings is 1. The van der Waals surface area contributed by atoms with Gasteiger partial charge in [-0.25, -0.2) is 0 Å². The van der Waals surface area contributed by atoms with Crippen LogP contribution in [0.3, 0.4) is 0 Å². The number of aryl methyl sites for hydroxylation is 1. The molecule has 26 heavy (non-hydrogen) atoms. The molecule has 0 bridgehead atoms. The van der Waals surface area contributed by atoms with Crippen LogP contribution in [0, 0.1) is 0 Å². The Morgan fingerprint density at radius 1 is 1.23 bits per heavy atom. The number of ether oxygens (including phenoxy) is 1. The molecule has 3 aromatic rings. The number of rotatable bonds is 8. The van der Waals surface area contributed by atoms with Gasteiger partial charge in [-0.2, -0.15) is 0 Å². The standard InChI is InChI=1S/C18H19N3O3S2/c1-3-25-18-21-20-17(26-18)19-16(22)11-9-14-8-10-15(24-14)12-4-6-13(23-2)7-5-12/h4-8,10H,3,9,11H2,1-2H3,(H,19,20,22). The fraction of sp³-hybridized carbons (Fsp3) is 0.278. The molecule has 8 heteroatoms. The summed E-state index contributed by atoms with van der Waals surface area (Å²) in [7, 11) is 1.64. The highest BCUT2D eigenvalue weighted by Crippen LogP contribution is 2.26. The summed E-state index contributed by atoms with van der Waals surface area (Å²) in [6.07, 6.45) is 0.850. The van der Waals surface area contributed by atoms with E-state index in [0.717, 1.165) is 32.9 Å². The highest BCUT2D eigenvalue weighted by molar-refractivity contribution is 8.01. The van der Waals surface area contributed by atoms with Crippen molar-refractivity contribution < 1.29 is 13.9 Å². The maximum atomic E-state index is 12.1. The van der Waals surface area contributed by atoms with Gasteiger partial charge in [0.25, 0.3) is 0 Å². The van der Waals surface area contributed by atoms with Crippen LogP contribution in [-0.2, 0) is 11.2 Å². The van der Waals surface area contributed by atoms with Crippen LogP contribution in [0.15, 0.2) is 45.2 Å². The molecule has 0 spiro atoms. The summed E-state index contributed by atoms with van der Waals surface area (Å²) in [5.41, 5.74) is 0.969. The normalized spacial score (nSPS) is 10.7. The molecular weight excluding hydrogens is 370 g/mol. The SMILES string of the molecule is CCSc1nnc(NC(=O)CCc2ccc(-c3ccc(OC)cc3)o2)s1. The number of aromatic nitrogens is 2.